The van der Waals surface area contributed by atoms with Crippen molar-refractivity contribution in [3.63, 3.8) is 0 Å². The molecule has 0 amide bonds. The van der Waals surface area contributed by atoms with Crippen LogP contribution in [-0.2, 0) is 0 Å². The van der Waals surface area contributed by atoms with E-state index in [0.29, 0.717) is 10.6 Å². The molecule has 0 aromatic carbocycles. The number of hydrogen-bond donors (Lipinski definition) is 1. The van der Waals surface area contributed by atoms with Gasteiger partial charge in [0.15, 0.2) is 5.78 Å². The van der Waals surface area contributed by atoms with Crippen LogP contribution in [0.3, 0.4) is 0 Å². The van der Waals surface area contributed by atoms with Gasteiger partial charge in [0.1, 0.15) is 0 Å². The summed E-state index contributed by atoms with van der Waals surface area (Å²) in [6.45, 7) is 3.77. The maximum atomic E-state index is 11.4. The van der Waals surface area contributed by atoms with Gasteiger partial charge in [-0.1, -0.05) is 19.3 Å². The maximum Gasteiger partial charge on any atom is 0.171 e. The Morgan fingerprint density at radius 3 is 2.35 bits per heavy atom. The molecule has 0 saturated carbocycles. The molecule has 1 aromatic rings. The van der Waals surface area contributed by atoms with Gasteiger partial charge < -0.3 is 10.6 Å². The number of ketones is 1. The first-order valence-corrected chi connectivity index (χ1v) is 7.15. The molecule has 2 N–H and O–H groups in total. The van der Waals surface area contributed by atoms with Crippen molar-refractivity contribution in [3.05, 3.63) is 10.9 Å². The topological polar surface area (TPSA) is 46.3 Å². The fourth-order valence-corrected chi connectivity index (χ4v) is 3.32. The second-order valence-electron chi connectivity index (χ2n) is 4.68. The van der Waals surface area contributed by atoms with E-state index >= 15 is 0 Å². The van der Waals surface area contributed by atoms with Crippen molar-refractivity contribution in [3.8, 4) is 0 Å². The smallest absolute Gasteiger partial charge is 0.171 e. The molecule has 4 heteroatoms. The van der Waals surface area contributed by atoms with Gasteiger partial charge in [-0.3, -0.25) is 4.79 Å². The second-order valence-corrected chi connectivity index (χ2v) is 5.71. The Morgan fingerprint density at radius 1 is 1.24 bits per heavy atom. The average Bonchev–Trinajstić information content (AvgIpc) is 2.59. The zero-order valence-corrected chi connectivity index (χ0v) is 11.2. The van der Waals surface area contributed by atoms with Crippen molar-refractivity contribution in [1.29, 1.82) is 0 Å². The predicted octanol–water partition coefficient (Wildman–Crippen LogP) is 3.30. The average molecular weight is 252 g/mol. The van der Waals surface area contributed by atoms with Crippen LogP contribution in [0.25, 0.3) is 0 Å². The molecule has 1 aromatic heterocycles. The van der Waals surface area contributed by atoms with E-state index in [9.17, 15) is 4.79 Å². The summed E-state index contributed by atoms with van der Waals surface area (Å²) in [6.07, 6.45) is 6.48. The van der Waals surface area contributed by atoms with Crippen molar-refractivity contribution in [2.24, 2.45) is 0 Å². The molecule has 0 aliphatic carbocycles. The molecule has 0 radical (unpaired) electrons. The lowest BCUT2D eigenvalue weighted by atomic mass is 10.1. The van der Waals surface area contributed by atoms with Crippen LogP contribution in [-0.4, -0.2) is 18.9 Å². The first-order chi connectivity index (χ1) is 8.18. The molecule has 3 nitrogen and oxygen atoms in total. The Labute approximate surface area is 107 Å². The summed E-state index contributed by atoms with van der Waals surface area (Å²) in [5.41, 5.74) is 6.52. The Morgan fingerprint density at radius 2 is 1.82 bits per heavy atom. The van der Waals surface area contributed by atoms with Gasteiger partial charge in [-0.05, 0) is 18.9 Å². The molecule has 0 atom stereocenters. The standard InChI is InChI=1S/C13H20N2OS/c1-10(16)13-11(14)9-12(17-13)15-7-5-3-2-4-6-8-15/h9H,2-8,14H2,1H3. The molecule has 1 saturated heterocycles. The highest BCUT2D eigenvalue weighted by Crippen LogP contribution is 2.33. The third-order valence-electron chi connectivity index (χ3n) is 3.24. The third kappa shape index (κ3) is 3.00. The Bertz CT molecular complexity index is 392. The summed E-state index contributed by atoms with van der Waals surface area (Å²) in [5, 5.41) is 1.16. The van der Waals surface area contributed by atoms with Crippen LogP contribution in [0, 0.1) is 0 Å². The lowest BCUT2D eigenvalue weighted by Crippen LogP contribution is -2.26. The van der Waals surface area contributed by atoms with Crippen LogP contribution in [0.15, 0.2) is 6.07 Å². The molecule has 0 spiro atoms. The minimum atomic E-state index is 0.0748. The Hall–Kier alpha value is -1.03. The summed E-state index contributed by atoms with van der Waals surface area (Å²) in [5.74, 6) is 0.0748. The monoisotopic (exact) mass is 252 g/mol. The van der Waals surface area contributed by atoms with E-state index in [1.165, 1.54) is 32.1 Å². The molecule has 2 heterocycles. The van der Waals surface area contributed by atoms with E-state index in [0.717, 1.165) is 18.1 Å². The SMILES string of the molecule is CC(=O)c1sc(N2CCCCCCC2)cc1N. The number of rotatable bonds is 2. The zero-order valence-electron chi connectivity index (χ0n) is 10.4. The molecule has 0 unspecified atom stereocenters. The molecule has 2 rings (SSSR count). The fourth-order valence-electron chi connectivity index (χ4n) is 2.29. The first-order valence-electron chi connectivity index (χ1n) is 6.33. The molecule has 17 heavy (non-hydrogen) atoms. The van der Waals surface area contributed by atoms with Crippen LogP contribution < -0.4 is 10.6 Å². The molecule has 0 bridgehead atoms. The van der Waals surface area contributed by atoms with Crippen LogP contribution in [0.2, 0.25) is 0 Å². The molecule has 1 fully saturated rings. The van der Waals surface area contributed by atoms with E-state index in [1.807, 2.05) is 6.07 Å². The highest BCUT2D eigenvalue weighted by atomic mass is 32.1. The Balaban J connectivity index is 2.14. The highest BCUT2D eigenvalue weighted by molar-refractivity contribution is 7.18. The van der Waals surface area contributed by atoms with Gasteiger partial charge in [-0.25, -0.2) is 0 Å². The lowest BCUT2D eigenvalue weighted by Gasteiger charge is -2.25. The van der Waals surface area contributed by atoms with Gasteiger partial charge in [0.25, 0.3) is 0 Å². The van der Waals surface area contributed by atoms with Crippen molar-refractivity contribution >= 4 is 27.8 Å². The van der Waals surface area contributed by atoms with E-state index in [4.69, 9.17) is 5.73 Å². The lowest BCUT2D eigenvalue weighted by molar-refractivity contribution is 0.102. The van der Waals surface area contributed by atoms with E-state index < -0.39 is 0 Å². The number of thiophene rings is 1. The van der Waals surface area contributed by atoms with Gasteiger partial charge in [0.05, 0.1) is 15.6 Å². The normalized spacial score (nSPS) is 17.6. The van der Waals surface area contributed by atoms with Gasteiger partial charge in [-0.15, -0.1) is 11.3 Å². The van der Waals surface area contributed by atoms with E-state index in [2.05, 4.69) is 4.90 Å². The van der Waals surface area contributed by atoms with Gasteiger partial charge in [-0.2, -0.15) is 0 Å². The van der Waals surface area contributed by atoms with E-state index in [1.54, 1.807) is 18.3 Å². The third-order valence-corrected chi connectivity index (χ3v) is 4.55. The number of Topliss-reactive ketones (excluding diaryl/α,β-unsaturated/α-hetero) is 1. The maximum absolute atomic E-state index is 11.4. The number of carbonyl (C=O) groups excluding carboxylic acids is 1. The number of carbonyl (C=O) groups is 1. The zero-order chi connectivity index (χ0) is 12.3. The fraction of sp³-hybridized carbons (Fsp3) is 0.615. The number of anilines is 2. The van der Waals surface area contributed by atoms with Gasteiger partial charge in [0.2, 0.25) is 0 Å². The minimum absolute atomic E-state index is 0.0748. The molecule has 1 aliphatic heterocycles. The molecule has 94 valence electrons. The van der Waals surface area contributed by atoms with Crippen LogP contribution in [0.4, 0.5) is 10.7 Å². The quantitative estimate of drug-likeness (QED) is 0.821. The first kappa shape index (κ1) is 12.4. The van der Waals surface area contributed by atoms with Crippen molar-refractivity contribution < 1.29 is 4.79 Å². The predicted molar refractivity (Wildman–Crippen MR) is 74.0 cm³/mol. The van der Waals surface area contributed by atoms with Crippen molar-refractivity contribution in [1.82, 2.24) is 0 Å². The molecular weight excluding hydrogens is 232 g/mol. The largest absolute Gasteiger partial charge is 0.397 e. The summed E-state index contributed by atoms with van der Waals surface area (Å²) in [6, 6.07) is 1.96. The molecule has 1 aliphatic rings. The van der Waals surface area contributed by atoms with Crippen LogP contribution in [0.1, 0.15) is 48.7 Å². The minimum Gasteiger partial charge on any atom is -0.397 e. The number of hydrogen-bond acceptors (Lipinski definition) is 4. The number of nitrogens with two attached hydrogens (primary N) is 1. The van der Waals surface area contributed by atoms with E-state index in [-0.39, 0.29) is 5.78 Å². The van der Waals surface area contributed by atoms with Gasteiger partial charge in [0, 0.05) is 20.0 Å². The Kier molecular flexibility index (Phi) is 4.05. The highest BCUT2D eigenvalue weighted by Gasteiger charge is 2.15. The number of nitrogens with zero attached hydrogens (tertiary/aromatic N) is 1. The summed E-state index contributed by atoms with van der Waals surface area (Å²) in [7, 11) is 0. The second kappa shape index (κ2) is 5.54. The number of nitrogen functional groups attached to an aromatic ring is 1. The van der Waals surface area contributed by atoms with Crippen LogP contribution in [0.5, 0.6) is 0 Å². The summed E-state index contributed by atoms with van der Waals surface area (Å²) < 4.78 is 0. The van der Waals surface area contributed by atoms with Crippen molar-refractivity contribution in [2.45, 2.75) is 39.0 Å². The van der Waals surface area contributed by atoms with Gasteiger partial charge >= 0.3 is 0 Å². The molecular formula is C13H20N2OS. The summed E-state index contributed by atoms with van der Waals surface area (Å²) in [4.78, 5) is 14.5. The van der Waals surface area contributed by atoms with Crippen LogP contribution >= 0.6 is 11.3 Å². The summed E-state index contributed by atoms with van der Waals surface area (Å²) >= 11 is 1.54. The van der Waals surface area contributed by atoms with Crippen molar-refractivity contribution in [2.75, 3.05) is 23.7 Å².